The highest BCUT2D eigenvalue weighted by molar-refractivity contribution is 5.87. The topological polar surface area (TPSA) is 117 Å². The predicted molar refractivity (Wildman–Crippen MR) is 146 cm³/mol. The Morgan fingerprint density at radius 2 is 1.85 bits per heavy atom. The van der Waals surface area contributed by atoms with Crippen LogP contribution < -0.4 is 10.1 Å². The van der Waals surface area contributed by atoms with Crippen LogP contribution in [0.5, 0.6) is 6.01 Å². The summed E-state index contributed by atoms with van der Waals surface area (Å²) >= 11 is 0. The molecule has 2 aromatic rings. The minimum atomic E-state index is -0.310. The Morgan fingerprint density at radius 3 is 2.54 bits per heavy atom. The number of aromatic nitrogens is 4. The average Bonchev–Trinajstić information content (AvgIpc) is 3.40. The molecule has 1 N–H and O–H groups in total. The molecular formula is C27H40N8O4. The molecule has 12 nitrogen and oxygen atoms in total. The summed E-state index contributed by atoms with van der Waals surface area (Å²) < 4.78 is 13.5. The lowest BCUT2D eigenvalue weighted by Crippen LogP contribution is -2.44. The molecule has 2 aliphatic heterocycles. The van der Waals surface area contributed by atoms with Gasteiger partial charge in [-0.15, -0.1) is 5.10 Å². The molecule has 0 unspecified atom stereocenters. The van der Waals surface area contributed by atoms with Crippen molar-refractivity contribution in [3.05, 3.63) is 24.0 Å². The van der Waals surface area contributed by atoms with Crippen molar-refractivity contribution < 1.29 is 19.1 Å². The quantitative estimate of drug-likeness (QED) is 0.479. The van der Waals surface area contributed by atoms with E-state index in [1.807, 2.05) is 35.8 Å². The molecular weight excluding hydrogens is 500 g/mol. The van der Waals surface area contributed by atoms with E-state index in [1.54, 1.807) is 15.9 Å². The molecule has 0 spiro atoms. The van der Waals surface area contributed by atoms with Crippen LogP contribution in [0.3, 0.4) is 0 Å². The Labute approximate surface area is 229 Å². The number of hydrogen-bond donors (Lipinski definition) is 1. The number of piperidine rings is 1. The first-order chi connectivity index (χ1) is 18.8. The number of carbonyl (C=O) groups is 2. The molecule has 5 rings (SSSR count). The zero-order valence-electron chi connectivity index (χ0n) is 23.4. The van der Waals surface area contributed by atoms with Crippen molar-refractivity contribution in [1.29, 1.82) is 0 Å². The Morgan fingerprint density at radius 1 is 1.10 bits per heavy atom. The summed E-state index contributed by atoms with van der Waals surface area (Å²) in [4.78, 5) is 39.9. The molecule has 0 aromatic carbocycles. The van der Waals surface area contributed by atoms with E-state index < -0.39 is 0 Å². The van der Waals surface area contributed by atoms with E-state index in [-0.39, 0.29) is 36.2 Å². The van der Waals surface area contributed by atoms with Gasteiger partial charge in [-0.05, 0) is 45.7 Å². The number of ether oxygens (including phenoxy) is 2. The maximum absolute atomic E-state index is 12.8. The van der Waals surface area contributed by atoms with Crippen LogP contribution in [0.15, 0.2) is 18.3 Å². The first kappa shape index (κ1) is 27.2. The number of rotatable bonds is 9. The summed E-state index contributed by atoms with van der Waals surface area (Å²) in [6, 6.07) is 0.500. The molecule has 2 saturated heterocycles. The number of hydrogen-bond acceptors (Lipinski definition) is 9. The summed E-state index contributed by atoms with van der Waals surface area (Å²) in [5.74, 6) is 0.879. The lowest BCUT2D eigenvalue weighted by molar-refractivity contribution is -0.125. The van der Waals surface area contributed by atoms with Gasteiger partial charge in [-0.1, -0.05) is 19.9 Å². The van der Waals surface area contributed by atoms with Gasteiger partial charge < -0.3 is 29.5 Å². The zero-order chi connectivity index (χ0) is 27.5. The van der Waals surface area contributed by atoms with Crippen molar-refractivity contribution in [1.82, 2.24) is 34.3 Å². The van der Waals surface area contributed by atoms with Crippen LogP contribution in [0, 0.1) is 0 Å². The largest absolute Gasteiger partial charge is 0.459 e. The number of fused-ring (bicyclic) bond motifs is 1. The highest BCUT2D eigenvalue weighted by atomic mass is 16.6. The normalized spacial score (nSPS) is 20.5. The molecule has 0 bridgehead atoms. The third-order valence-corrected chi connectivity index (χ3v) is 7.31. The highest BCUT2D eigenvalue weighted by Crippen LogP contribution is 2.28. The fourth-order valence-corrected chi connectivity index (χ4v) is 4.87. The molecule has 2 aromatic heterocycles. The second-order valence-electron chi connectivity index (χ2n) is 11.3. The summed E-state index contributed by atoms with van der Waals surface area (Å²) in [6.07, 6.45) is 9.15. The first-order valence-corrected chi connectivity index (χ1v) is 14.0. The molecule has 212 valence electrons. The number of likely N-dealkylation sites (N-methyl/N-ethyl adjacent to an activating group) is 1. The van der Waals surface area contributed by atoms with Gasteiger partial charge in [-0.2, -0.15) is 4.98 Å². The van der Waals surface area contributed by atoms with Gasteiger partial charge in [0.2, 0.25) is 5.91 Å². The summed E-state index contributed by atoms with van der Waals surface area (Å²) in [5, 5.41) is 8.13. The maximum atomic E-state index is 12.8. The van der Waals surface area contributed by atoms with Crippen molar-refractivity contribution >= 4 is 23.5 Å². The fourth-order valence-electron chi connectivity index (χ4n) is 4.87. The molecule has 1 saturated carbocycles. The van der Waals surface area contributed by atoms with Gasteiger partial charge in [0.15, 0.2) is 11.5 Å². The first-order valence-electron chi connectivity index (χ1n) is 14.0. The van der Waals surface area contributed by atoms with Crippen LogP contribution in [-0.4, -0.2) is 111 Å². The van der Waals surface area contributed by atoms with E-state index in [2.05, 4.69) is 34.2 Å². The van der Waals surface area contributed by atoms with Gasteiger partial charge in [0.1, 0.15) is 12.2 Å². The molecule has 1 atom stereocenters. The second kappa shape index (κ2) is 11.8. The van der Waals surface area contributed by atoms with Crippen molar-refractivity contribution in [3.8, 4) is 6.01 Å². The zero-order valence-corrected chi connectivity index (χ0v) is 23.4. The number of amides is 2. The molecule has 12 heteroatoms. The van der Waals surface area contributed by atoms with Gasteiger partial charge in [-0.25, -0.2) is 14.3 Å². The van der Waals surface area contributed by atoms with Crippen LogP contribution in [0.1, 0.15) is 57.6 Å². The molecule has 4 heterocycles. The number of imidazole rings is 1. The number of anilines is 1. The smallest absolute Gasteiger partial charge is 0.410 e. The van der Waals surface area contributed by atoms with Gasteiger partial charge in [0.05, 0.1) is 18.4 Å². The molecule has 1 aliphatic carbocycles. The Kier molecular flexibility index (Phi) is 8.20. The van der Waals surface area contributed by atoms with Gasteiger partial charge in [-0.3, -0.25) is 4.79 Å². The minimum absolute atomic E-state index is 0.0372. The van der Waals surface area contributed by atoms with Gasteiger partial charge in [0, 0.05) is 44.7 Å². The van der Waals surface area contributed by atoms with Crippen LogP contribution in [-0.2, 0) is 9.53 Å². The third kappa shape index (κ3) is 6.78. The standard InChI is InChI=1S/C27H40N8O4/c1-18(2)22-16-28-25-24(30-26(31-35(22)25)38-20-7-8-20)29-19-9-13-33(14-10-19)27(37)39-21-11-15-34(17-21)23(36)6-5-12-32(3)4/h5-6,16,18-21H,7-15,17H2,1-4H3,(H,29,30,31)/b6-5+/t21-/m0/s1. The van der Waals surface area contributed by atoms with Gasteiger partial charge >= 0.3 is 12.1 Å². The fraction of sp³-hybridized carbons (Fsp3) is 0.667. The van der Waals surface area contributed by atoms with E-state index in [4.69, 9.17) is 9.47 Å². The van der Waals surface area contributed by atoms with Crippen LogP contribution in [0.4, 0.5) is 10.6 Å². The van der Waals surface area contributed by atoms with Crippen LogP contribution in [0.2, 0.25) is 0 Å². The van der Waals surface area contributed by atoms with Crippen molar-refractivity contribution in [2.75, 3.05) is 52.1 Å². The Hall–Kier alpha value is -3.41. The highest BCUT2D eigenvalue weighted by Gasteiger charge is 2.32. The lowest BCUT2D eigenvalue weighted by atomic mass is 10.1. The molecule has 39 heavy (non-hydrogen) atoms. The number of nitrogens with zero attached hydrogens (tertiary/aromatic N) is 7. The summed E-state index contributed by atoms with van der Waals surface area (Å²) in [5.41, 5.74) is 1.69. The van der Waals surface area contributed by atoms with E-state index in [0.717, 1.165) is 31.4 Å². The monoisotopic (exact) mass is 540 g/mol. The van der Waals surface area contributed by atoms with E-state index >= 15 is 0 Å². The van der Waals surface area contributed by atoms with Crippen molar-refractivity contribution in [3.63, 3.8) is 0 Å². The lowest BCUT2D eigenvalue weighted by Gasteiger charge is -2.32. The van der Waals surface area contributed by atoms with Crippen LogP contribution in [0.25, 0.3) is 5.65 Å². The number of nitrogens with one attached hydrogen (secondary N) is 1. The Bertz CT molecular complexity index is 1200. The van der Waals surface area contributed by atoms with Gasteiger partial charge in [0.25, 0.3) is 0 Å². The van der Waals surface area contributed by atoms with Crippen molar-refractivity contribution in [2.24, 2.45) is 0 Å². The molecule has 3 aliphatic rings. The third-order valence-electron chi connectivity index (χ3n) is 7.31. The van der Waals surface area contributed by atoms with E-state index in [1.165, 1.54) is 0 Å². The van der Waals surface area contributed by atoms with Crippen molar-refractivity contribution in [2.45, 2.75) is 70.1 Å². The van der Waals surface area contributed by atoms with E-state index in [0.29, 0.717) is 56.6 Å². The predicted octanol–water partition coefficient (Wildman–Crippen LogP) is 2.52. The van der Waals surface area contributed by atoms with E-state index in [9.17, 15) is 9.59 Å². The number of carbonyl (C=O) groups excluding carboxylic acids is 2. The Balaban J connectivity index is 1.13. The minimum Gasteiger partial charge on any atom is -0.459 e. The molecule has 3 fully saturated rings. The average molecular weight is 541 g/mol. The van der Waals surface area contributed by atoms with Crippen LogP contribution >= 0.6 is 0 Å². The maximum Gasteiger partial charge on any atom is 0.410 e. The second-order valence-corrected chi connectivity index (χ2v) is 11.3. The summed E-state index contributed by atoms with van der Waals surface area (Å²) in [6.45, 7) is 7.13. The summed E-state index contributed by atoms with van der Waals surface area (Å²) in [7, 11) is 3.91. The molecule has 0 radical (unpaired) electrons. The molecule has 2 amide bonds. The number of likely N-dealkylation sites (tertiary alicyclic amines) is 2. The SMILES string of the molecule is CC(C)c1cnc2c(NC3CCN(C(=O)O[C@H]4CCN(C(=O)/C=C/CN(C)C)C4)CC3)nc(OC3CC3)nn12.